The Kier molecular flexibility index (Phi) is 18.4. The van der Waals surface area contributed by atoms with E-state index in [9.17, 15) is 10.1 Å². The van der Waals surface area contributed by atoms with Gasteiger partial charge in [-0.25, -0.2) is 9.68 Å². The Labute approximate surface area is 233 Å². The molecule has 0 radical (unpaired) electrons. The summed E-state index contributed by atoms with van der Waals surface area (Å²) in [5.74, 6) is 3.52. The van der Waals surface area contributed by atoms with Crippen molar-refractivity contribution in [3.8, 4) is 0 Å². The average molecular weight is 545 g/mol. The van der Waals surface area contributed by atoms with Gasteiger partial charge in [0.2, 0.25) is 0 Å². The van der Waals surface area contributed by atoms with Crippen molar-refractivity contribution in [2.45, 2.75) is 135 Å². The number of carbonyl (C=O) groups excluding carboxylic acids is 1. The van der Waals surface area contributed by atoms with Gasteiger partial charge in [0.05, 0.1) is 18.8 Å². The lowest BCUT2D eigenvalue weighted by atomic mass is 9.66. The van der Waals surface area contributed by atoms with Crippen molar-refractivity contribution in [3.05, 3.63) is 12.7 Å². The third-order valence-electron chi connectivity index (χ3n) is 9.64. The van der Waals surface area contributed by atoms with Gasteiger partial charge in [-0.2, -0.15) is 0 Å². The van der Waals surface area contributed by atoms with Crippen LogP contribution < -0.4 is 0 Å². The predicted octanol–water partition coefficient (Wildman–Crippen LogP) is 6.72. The minimum absolute atomic E-state index is 0. The third-order valence-corrected chi connectivity index (χ3v) is 9.64. The number of ether oxygens (including phenoxy) is 2. The summed E-state index contributed by atoms with van der Waals surface area (Å²) in [6, 6.07) is 0. The SMILES string of the molecule is C=CC(=O)OCCCCCCOC1CCC(C(OO)C2CCC(C3CCC(CCC)CC3)CC2)CC1.O.O.[HH]. The van der Waals surface area contributed by atoms with E-state index in [1.165, 1.54) is 70.3 Å². The fraction of sp³-hybridized carbons (Fsp3) is 0.903. The molecular formula is C31H60O7. The molecule has 5 N–H and O–H groups in total. The molecule has 226 valence electrons. The van der Waals surface area contributed by atoms with Crippen LogP contribution in [0, 0.1) is 29.6 Å². The maximum atomic E-state index is 11.0. The van der Waals surface area contributed by atoms with E-state index in [0.29, 0.717) is 24.5 Å². The van der Waals surface area contributed by atoms with Gasteiger partial charge in [-0.05, 0) is 113 Å². The molecule has 0 saturated heterocycles. The molecule has 3 aliphatic carbocycles. The number of esters is 1. The lowest BCUT2D eigenvalue weighted by molar-refractivity contribution is -0.307. The second-order valence-electron chi connectivity index (χ2n) is 12.0. The molecule has 0 aliphatic heterocycles. The van der Waals surface area contributed by atoms with Gasteiger partial charge in [-0.15, -0.1) is 0 Å². The molecule has 0 aromatic heterocycles. The zero-order valence-electron chi connectivity index (χ0n) is 24.0. The minimum Gasteiger partial charge on any atom is -0.463 e. The first kappa shape index (κ1) is 35.0. The summed E-state index contributed by atoms with van der Waals surface area (Å²) in [7, 11) is 0. The maximum Gasteiger partial charge on any atom is 0.330 e. The summed E-state index contributed by atoms with van der Waals surface area (Å²) in [5.41, 5.74) is 0. The largest absolute Gasteiger partial charge is 0.463 e. The van der Waals surface area contributed by atoms with Crippen molar-refractivity contribution in [2.24, 2.45) is 29.6 Å². The maximum absolute atomic E-state index is 11.0. The molecule has 3 saturated carbocycles. The molecule has 0 heterocycles. The number of hydrogen-bond donors (Lipinski definition) is 1. The predicted molar refractivity (Wildman–Crippen MR) is 154 cm³/mol. The second kappa shape index (κ2) is 20.0. The van der Waals surface area contributed by atoms with E-state index in [2.05, 4.69) is 13.5 Å². The highest BCUT2D eigenvalue weighted by Crippen LogP contribution is 2.45. The van der Waals surface area contributed by atoms with Crippen molar-refractivity contribution in [3.63, 3.8) is 0 Å². The van der Waals surface area contributed by atoms with Gasteiger partial charge in [0.15, 0.2) is 0 Å². The summed E-state index contributed by atoms with van der Waals surface area (Å²) in [6.45, 7) is 7.02. The van der Waals surface area contributed by atoms with Gasteiger partial charge in [0, 0.05) is 14.1 Å². The smallest absolute Gasteiger partial charge is 0.330 e. The van der Waals surface area contributed by atoms with Gasteiger partial charge >= 0.3 is 5.97 Å². The highest BCUT2D eigenvalue weighted by Gasteiger charge is 2.38. The summed E-state index contributed by atoms with van der Waals surface area (Å²) >= 11 is 0. The fourth-order valence-corrected chi connectivity index (χ4v) is 7.48. The molecule has 0 spiro atoms. The first-order chi connectivity index (χ1) is 17.6. The Balaban J connectivity index is 0.00000481. The van der Waals surface area contributed by atoms with Gasteiger partial charge in [-0.3, -0.25) is 5.26 Å². The van der Waals surface area contributed by atoms with Crippen LogP contribution in [0.2, 0.25) is 0 Å². The Morgan fingerprint density at radius 3 is 1.89 bits per heavy atom. The Hall–Kier alpha value is -0.990. The molecule has 3 rings (SSSR count). The first-order valence-corrected chi connectivity index (χ1v) is 15.4. The van der Waals surface area contributed by atoms with E-state index in [4.69, 9.17) is 14.4 Å². The van der Waals surface area contributed by atoms with E-state index < -0.39 is 0 Å². The van der Waals surface area contributed by atoms with Crippen LogP contribution in [0.25, 0.3) is 0 Å². The second-order valence-corrected chi connectivity index (χ2v) is 12.0. The zero-order chi connectivity index (χ0) is 25.6. The fourth-order valence-electron chi connectivity index (χ4n) is 7.48. The van der Waals surface area contributed by atoms with Gasteiger partial charge < -0.3 is 20.4 Å². The van der Waals surface area contributed by atoms with Crippen LogP contribution >= 0.6 is 0 Å². The molecule has 0 aromatic carbocycles. The minimum atomic E-state index is -0.338. The first-order valence-electron chi connectivity index (χ1n) is 15.4. The molecule has 0 bridgehead atoms. The normalized spacial score (nSPS) is 30.4. The van der Waals surface area contributed by atoms with Crippen LogP contribution in [-0.4, -0.2) is 47.6 Å². The Morgan fingerprint density at radius 1 is 0.842 bits per heavy atom. The van der Waals surface area contributed by atoms with Crippen LogP contribution in [0.4, 0.5) is 0 Å². The average Bonchev–Trinajstić information content (AvgIpc) is 2.92. The molecule has 0 aromatic rings. The van der Waals surface area contributed by atoms with Crippen LogP contribution in [0.1, 0.15) is 124 Å². The molecule has 38 heavy (non-hydrogen) atoms. The van der Waals surface area contributed by atoms with Crippen LogP contribution in [-0.2, 0) is 19.2 Å². The third kappa shape index (κ3) is 11.6. The highest BCUT2D eigenvalue weighted by atomic mass is 17.1. The van der Waals surface area contributed by atoms with Gasteiger partial charge in [0.1, 0.15) is 0 Å². The Morgan fingerprint density at radius 2 is 1.37 bits per heavy atom. The molecule has 3 aliphatic rings. The van der Waals surface area contributed by atoms with E-state index in [0.717, 1.165) is 75.7 Å². The summed E-state index contributed by atoms with van der Waals surface area (Å²) < 4.78 is 11.2. The van der Waals surface area contributed by atoms with Gasteiger partial charge in [-0.1, -0.05) is 45.6 Å². The topological polar surface area (TPSA) is 128 Å². The van der Waals surface area contributed by atoms with E-state index >= 15 is 0 Å². The number of carbonyl (C=O) groups is 1. The molecule has 7 nitrogen and oxygen atoms in total. The van der Waals surface area contributed by atoms with Gasteiger partial charge in [0.25, 0.3) is 0 Å². The number of hydrogen-bond acceptors (Lipinski definition) is 5. The van der Waals surface area contributed by atoms with Crippen LogP contribution in [0.5, 0.6) is 0 Å². The summed E-state index contributed by atoms with van der Waals surface area (Å²) in [6.07, 6.45) is 23.8. The van der Waals surface area contributed by atoms with E-state index in [1.807, 2.05) is 0 Å². The van der Waals surface area contributed by atoms with Crippen molar-refractivity contribution >= 4 is 5.97 Å². The molecule has 1 atom stereocenters. The van der Waals surface area contributed by atoms with Crippen molar-refractivity contribution in [1.29, 1.82) is 0 Å². The number of unbranched alkanes of at least 4 members (excludes halogenated alkanes) is 3. The van der Waals surface area contributed by atoms with Crippen molar-refractivity contribution in [2.75, 3.05) is 13.2 Å². The van der Waals surface area contributed by atoms with Crippen LogP contribution in [0.3, 0.4) is 0 Å². The monoisotopic (exact) mass is 544 g/mol. The standard InChI is InChI=1S/C31H54O5.2H2O.H2/c1-3-9-24-10-12-25(13-11-24)26-14-16-27(17-15-26)31(36-33)28-18-20-29(21-19-28)34-22-7-5-6-8-23-35-30(32)4-2;;;/h4,24-29,31,33H,2-3,5-23H2,1H3;2*1H2;1H. The molecular weight excluding hydrogens is 484 g/mol. The van der Waals surface area contributed by atoms with Crippen molar-refractivity contribution < 1.29 is 36.8 Å². The number of rotatable bonds is 15. The van der Waals surface area contributed by atoms with E-state index in [-0.39, 0.29) is 24.5 Å². The molecule has 7 heteroatoms. The summed E-state index contributed by atoms with van der Waals surface area (Å²) in [5, 5.41) is 9.83. The lowest BCUT2D eigenvalue weighted by Crippen LogP contribution is -2.38. The lowest BCUT2D eigenvalue weighted by Gasteiger charge is -2.41. The highest BCUT2D eigenvalue weighted by molar-refractivity contribution is 5.81. The molecule has 1 unspecified atom stereocenters. The van der Waals surface area contributed by atoms with Crippen LogP contribution in [0.15, 0.2) is 12.7 Å². The Bertz CT molecular complexity index is 610. The summed E-state index contributed by atoms with van der Waals surface area (Å²) in [4.78, 5) is 16.2. The molecule has 0 amide bonds. The quantitative estimate of drug-likeness (QED) is 0.0804. The van der Waals surface area contributed by atoms with E-state index in [1.54, 1.807) is 0 Å². The van der Waals surface area contributed by atoms with Crippen molar-refractivity contribution in [1.82, 2.24) is 0 Å². The zero-order valence-corrected chi connectivity index (χ0v) is 24.0. The molecule has 3 fully saturated rings.